The van der Waals surface area contributed by atoms with Crippen molar-refractivity contribution in [2.45, 2.75) is 13.2 Å². The number of aromatic nitrogens is 1. The normalized spacial score (nSPS) is 18.0. The molecule has 0 fully saturated rings. The van der Waals surface area contributed by atoms with E-state index >= 15 is 0 Å². The Morgan fingerprint density at radius 1 is 1.35 bits per heavy atom. The molecule has 0 saturated heterocycles. The van der Waals surface area contributed by atoms with Crippen molar-refractivity contribution in [2.75, 3.05) is 0 Å². The van der Waals surface area contributed by atoms with Gasteiger partial charge in [0.1, 0.15) is 6.26 Å². The molecule has 0 aliphatic carbocycles. The highest BCUT2D eigenvalue weighted by atomic mass is 16.7. The van der Waals surface area contributed by atoms with Crippen LogP contribution in [0.1, 0.15) is 6.92 Å². The summed E-state index contributed by atoms with van der Waals surface area (Å²) in [4.78, 5) is 34.6. The molecule has 1 atom stereocenters. The third kappa shape index (κ3) is 2.61. The predicted octanol–water partition coefficient (Wildman–Crippen LogP) is 1.32. The molecule has 0 amide bonds. The summed E-state index contributed by atoms with van der Waals surface area (Å²) in [6.07, 6.45) is 1.21. The van der Waals surface area contributed by atoms with Gasteiger partial charge in [-0.1, -0.05) is 12.1 Å². The largest absolute Gasteiger partial charge is 0.476 e. The third-order valence-electron chi connectivity index (χ3n) is 3.19. The minimum atomic E-state index is -1.40. The quantitative estimate of drug-likeness (QED) is 0.514. The number of cyclic esters (lactones) is 1. The van der Waals surface area contributed by atoms with Crippen molar-refractivity contribution in [1.29, 1.82) is 0 Å². The van der Waals surface area contributed by atoms with Crippen LogP contribution in [0.5, 0.6) is 0 Å². The van der Waals surface area contributed by atoms with E-state index in [0.29, 0.717) is 5.57 Å². The average molecular weight is 317 g/mol. The Labute approximate surface area is 128 Å². The number of esters is 1. The monoisotopic (exact) mass is 317 g/mol. The highest BCUT2D eigenvalue weighted by molar-refractivity contribution is 6.10. The Morgan fingerprint density at radius 3 is 2.74 bits per heavy atom. The molecule has 1 aliphatic rings. The molecule has 1 N–H and O–H groups in total. The number of carbonyl (C=O) groups excluding carboxylic acids is 1. The first-order chi connectivity index (χ1) is 11.0. The van der Waals surface area contributed by atoms with Crippen molar-refractivity contribution in [3.63, 3.8) is 0 Å². The van der Waals surface area contributed by atoms with E-state index in [0.717, 1.165) is 10.8 Å². The Morgan fingerprint density at radius 2 is 2.09 bits per heavy atom. The summed E-state index contributed by atoms with van der Waals surface area (Å²) < 4.78 is 15.8. The van der Waals surface area contributed by atoms with Gasteiger partial charge in [-0.15, -0.1) is 0 Å². The van der Waals surface area contributed by atoms with Crippen molar-refractivity contribution in [3.8, 4) is 0 Å². The minimum absolute atomic E-state index is 0.243. The average Bonchev–Trinajstić information content (AvgIpc) is 2.99. The highest BCUT2D eigenvalue weighted by Gasteiger charge is 2.24. The lowest BCUT2D eigenvalue weighted by Crippen LogP contribution is -2.20. The summed E-state index contributed by atoms with van der Waals surface area (Å²) in [6, 6.07) is 6.37. The van der Waals surface area contributed by atoms with Crippen molar-refractivity contribution in [1.82, 2.24) is 4.57 Å². The first kappa shape index (κ1) is 14.6. The summed E-state index contributed by atoms with van der Waals surface area (Å²) in [5, 5.41) is 9.33. The number of hydrogen-bond acceptors (Lipinski definition) is 6. The Hall–Kier alpha value is -3.29. The maximum absolute atomic E-state index is 11.9. The van der Waals surface area contributed by atoms with E-state index in [9.17, 15) is 19.5 Å². The number of para-hydroxylation sites is 2. The number of rotatable bonds is 4. The number of ether oxygens (including phenoxy) is 2. The molecule has 1 aromatic heterocycles. The second kappa shape index (κ2) is 5.48. The van der Waals surface area contributed by atoms with Gasteiger partial charge in [0.25, 0.3) is 6.29 Å². The molecule has 0 radical (unpaired) electrons. The van der Waals surface area contributed by atoms with Gasteiger partial charge in [-0.05, 0) is 19.1 Å². The third-order valence-corrected chi connectivity index (χ3v) is 3.19. The smallest absolute Gasteiger partial charge is 0.424 e. The van der Waals surface area contributed by atoms with Crippen LogP contribution in [0.2, 0.25) is 0 Å². The molecule has 2 heterocycles. The van der Waals surface area contributed by atoms with Crippen LogP contribution in [0.3, 0.4) is 0 Å². The maximum Gasteiger partial charge on any atom is 0.424 e. The van der Waals surface area contributed by atoms with Crippen LogP contribution in [-0.2, 0) is 19.1 Å². The Balaban J connectivity index is 2.00. The minimum Gasteiger partial charge on any atom is -0.476 e. The molecule has 1 unspecified atom stereocenters. The van der Waals surface area contributed by atoms with Crippen molar-refractivity contribution in [3.05, 3.63) is 52.7 Å². The van der Waals surface area contributed by atoms with Gasteiger partial charge in [0, 0.05) is 11.6 Å². The SMILES string of the molecule is CC1=CC(O/C=C(/C(=O)O)n2c(=O)oc3ccccc32)OC1=O. The molecular weight excluding hydrogens is 306 g/mol. The number of hydrogen-bond donors (Lipinski definition) is 1. The van der Waals surface area contributed by atoms with E-state index in [4.69, 9.17) is 13.9 Å². The van der Waals surface area contributed by atoms with E-state index in [-0.39, 0.29) is 11.1 Å². The summed E-state index contributed by atoms with van der Waals surface area (Å²) >= 11 is 0. The van der Waals surface area contributed by atoms with Crippen LogP contribution in [0.15, 0.2) is 51.4 Å². The first-order valence-corrected chi connectivity index (χ1v) is 6.56. The molecular formula is C15H11NO7. The van der Waals surface area contributed by atoms with Gasteiger partial charge in [0.2, 0.25) is 0 Å². The standard InChI is InChI=1S/C15H11NO7/c1-8-6-12(23-14(8)19)21-7-10(13(17)18)16-9-4-2-3-5-11(9)22-15(16)20/h2-7,12H,1H3,(H,17,18)/b10-7-. The van der Waals surface area contributed by atoms with Crippen LogP contribution >= 0.6 is 0 Å². The second-order valence-electron chi connectivity index (χ2n) is 4.74. The molecule has 3 rings (SSSR count). The fourth-order valence-corrected chi connectivity index (χ4v) is 2.10. The predicted molar refractivity (Wildman–Crippen MR) is 77.1 cm³/mol. The first-order valence-electron chi connectivity index (χ1n) is 6.56. The van der Waals surface area contributed by atoms with E-state index < -0.39 is 29.7 Å². The summed E-state index contributed by atoms with van der Waals surface area (Å²) in [5.74, 6) is -2.81. The number of benzene rings is 1. The lowest BCUT2D eigenvalue weighted by molar-refractivity contribution is -0.152. The summed E-state index contributed by atoms with van der Waals surface area (Å²) in [5.41, 5.74) is 0.415. The molecule has 1 aliphatic heterocycles. The zero-order valence-electron chi connectivity index (χ0n) is 11.9. The zero-order chi connectivity index (χ0) is 16.6. The van der Waals surface area contributed by atoms with Gasteiger partial charge in [0.05, 0.1) is 5.52 Å². The molecule has 8 heteroatoms. The van der Waals surface area contributed by atoms with Crippen molar-refractivity contribution in [2.24, 2.45) is 0 Å². The highest BCUT2D eigenvalue weighted by Crippen LogP contribution is 2.19. The van der Waals surface area contributed by atoms with Crippen LogP contribution in [0.4, 0.5) is 0 Å². The van der Waals surface area contributed by atoms with Gasteiger partial charge in [-0.25, -0.2) is 19.0 Å². The van der Waals surface area contributed by atoms with E-state index in [1.807, 2.05) is 0 Å². The Kier molecular flexibility index (Phi) is 3.49. The van der Waals surface area contributed by atoms with Crippen molar-refractivity contribution >= 4 is 28.7 Å². The number of oxazole rings is 1. The fraction of sp³-hybridized carbons (Fsp3) is 0.133. The maximum atomic E-state index is 11.9. The topological polar surface area (TPSA) is 108 Å². The number of carbonyl (C=O) groups is 2. The molecule has 8 nitrogen and oxygen atoms in total. The molecule has 2 aromatic rings. The zero-order valence-corrected chi connectivity index (χ0v) is 11.9. The van der Waals surface area contributed by atoms with Crippen LogP contribution < -0.4 is 5.76 Å². The molecule has 0 bridgehead atoms. The molecule has 1 aromatic carbocycles. The number of aliphatic carboxylic acids is 1. The summed E-state index contributed by atoms with van der Waals surface area (Å²) in [6.45, 7) is 1.54. The van der Waals surface area contributed by atoms with Gasteiger partial charge in [-0.2, -0.15) is 0 Å². The van der Waals surface area contributed by atoms with Crippen LogP contribution in [0, 0.1) is 0 Å². The van der Waals surface area contributed by atoms with Gasteiger partial charge in [-0.3, -0.25) is 0 Å². The van der Waals surface area contributed by atoms with Gasteiger partial charge < -0.3 is 19.0 Å². The van der Waals surface area contributed by atoms with Crippen molar-refractivity contribution < 1.29 is 28.6 Å². The van der Waals surface area contributed by atoms with Gasteiger partial charge >= 0.3 is 17.7 Å². The van der Waals surface area contributed by atoms with E-state index in [2.05, 4.69) is 0 Å². The molecule has 23 heavy (non-hydrogen) atoms. The lowest BCUT2D eigenvalue weighted by atomic mass is 10.3. The fourth-order valence-electron chi connectivity index (χ4n) is 2.10. The van der Waals surface area contributed by atoms with Crippen LogP contribution in [-0.4, -0.2) is 27.9 Å². The van der Waals surface area contributed by atoms with E-state index in [1.54, 1.807) is 25.1 Å². The number of nitrogens with zero attached hydrogens (tertiary/aromatic N) is 1. The second-order valence-corrected chi connectivity index (χ2v) is 4.74. The van der Waals surface area contributed by atoms with Crippen LogP contribution in [0.25, 0.3) is 16.8 Å². The number of fused-ring (bicyclic) bond motifs is 1. The number of carboxylic acids is 1. The Bertz CT molecular complexity index is 915. The molecule has 0 saturated carbocycles. The van der Waals surface area contributed by atoms with E-state index in [1.165, 1.54) is 12.1 Å². The summed E-state index contributed by atoms with van der Waals surface area (Å²) in [7, 11) is 0. The lowest BCUT2D eigenvalue weighted by Gasteiger charge is -2.09. The molecule has 0 spiro atoms. The molecule has 118 valence electrons. The number of carboxylic acid groups (broad SMARTS) is 1. The van der Waals surface area contributed by atoms with Gasteiger partial charge in [0.15, 0.2) is 11.3 Å².